The van der Waals surface area contributed by atoms with E-state index >= 15 is 0 Å². The summed E-state index contributed by atoms with van der Waals surface area (Å²) in [7, 11) is 0. The normalized spacial score (nSPS) is 15.9. The number of carboxylic acid groups (broad SMARTS) is 1. The molecule has 1 saturated heterocycles. The van der Waals surface area contributed by atoms with E-state index < -0.39 is 11.9 Å². The lowest BCUT2D eigenvalue weighted by Crippen LogP contribution is -2.31. The van der Waals surface area contributed by atoms with E-state index in [-0.39, 0.29) is 30.8 Å². The van der Waals surface area contributed by atoms with Gasteiger partial charge in [0.1, 0.15) is 17.3 Å². The molecule has 0 radical (unpaired) electrons. The molecule has 0 atom stereocenters. The molecule has 1 aromatic rings. The van der Waals surface area contributed by atoms with E-state index in [0.29, 0.717) is 24.5 Å². The molecular weight excluding hydrogens is 458 g/mol. The van der Waals surface area contributed by atoms with Crippen molar-refractivity contribution in [2.24, 2.45) is 4.99 Å². The van der Waals surface area contributed by atoms with Gasteiger partial charge in [0.05, 0.1) is 6.42 Å². The van der Waals surface area contributed by atoms with Gasteiger partial charge in [-0.1, -0.05) is 36.3 Å². The number of benzene rings is 1. The predicted molar refractivity (Wildman–Crippen MR) is 142 cm³/mol. The van der Waals surface area contributed by atoms with Crippen LogP contribution in [0, 0.1) is 0 Å². The minimum Gasteiger partial charge on any atom is -0.510 e. The van der Waals surface area contributed by atoms with E-state index in [4.69, 9.17) is 9.84 Å². The molecule has 0 aliphatic carbocycles. The highest BCUT2D eigenvalue weighted by Gasteiger charge is 2.16. The van der Waals surface area contributed by atoms with Crippen molar-refractivity contribution in [3.63, 3.8) is 0 Å². The number of carbonyl (C=O) groups is 2. The lowest BCUT2D eigenvalue weighted by molar-refractivity contribution is -0.136. The van der Waals surface area contributed by atoms with Gasteiger partial charge in [-0.25, -0.2) is 0 Å². The number of amides is 1. The van der Waals surface area contributed by atoms with Gasteiger partial charge < -0.3 is 20.3 Å². The smallest absolute Gasteiger partial charge is 0.305 e. The van der Waals surface area contributed by atoms with Gasteiger partial charge in [-0.3, -0.25) is 19.5 Å². The summed E-state index contributed by atoms with van der Waals surface area (Å²) >= 11 is 0. The number of carboxylic acids is 1. The summed E-state index contributed by atoms with van der Waals surface area (Å²) < 4.78 is 5.95. The molecule has 1 amide bonds. The van der Waals surface area contributed by atoms with Crippen LogP contribution in [-0.4, -0.2) is 59.4 Å². The van der Waals surface area contributed by atoms with Crippen LogP contribution in [0.2, 0.25) is 0 Å². The fourth-order valence-corrected chi connectivity index (χ4v) is 3.62. The van der Waals surface area contributed by atoms with Crippen LogP contribution >= 0.6 is 0 Å². The Morgan fingerprint density at radius 2 is 1.89 bits per heavy atom. The van der Waals surface area contributed by atoms with Crippen LogP contribution in [0.3, 0.4) is 0 Å². The summed E-state index contributed by atoms with van der Waals surface area (Å²) in [6.07, 6.45) is 11.0. The zero-order chi connectivity index (χ0) is 26.2. The van der Waals surface area contributed by atoms with Crippen molar-refractivity contribution in [3.05, 3.63) is 77.9 Å². The Morgan fingerprint density at radius 3 is 2.56 bits per heavy atom. The van der Waals surface area contributed by atoms with Crippen LogP contribution in [0.1, 0.15) is 45.4 Å². The van der Waals surface area contributed by atoms with Gasteiger partial charge in [0, 0.05) is 25.7 Å². The fraction of sp³-hybridized carbons (Fsp3) is 0.393. The molecule has 0 spiro atoms. The van der Waals surface area contributed by atoms with Crippen LogP contribution in [0.25, 0.3) is 0 Å². The Kier molecular flexibility index (Phi) is 12.8. The standard InChI is InChI=1S/C28H37N3O5/c1-3-4-11-24(36-23-12-7-5-8-13-23)20-22(2)21-25(32)27(28(35)30-15-14-26(33)34)29-16-19-31-17-9-6-10-18-31/h3,5,7-8,11-13,16,20,32H,1,4,6,9-10,14-15,17-19,21H2,2H3,(H,30,35)(H,33,34)/b22-20-,24-11+,27-25+,29-16?. The molecule has 8 heteroatoms. The number of aliphatic imine (C=N–C) groups is 1. The first-order valence-corrected chi connectivity index (χ1v) is 12.3. The van der Waals surface area contributed by atoms with Crippen molar-refractivity contribution in [1.82, 2.24) is 10.2 Å². The van der Waals surface area contributed by atoms with Gasteiger partial charge in [0.2, 0.25) is 0 Å². The van der Waals surface area contributed by atoms with Crippen LogP contribution in [0.15, 0.2) is 82.9 Å². The Balaban J connectivity index is 2.19. The van der Waals surface area contributed by atoms with E-state index in [1.807, 2.05) is 43.3 Å². The summed E-state index contributed by atoms with van der Waals surface area (Å²) in [5.41, 5.74) is 0.631. The molecular formula is C28H37N3O5. The van der Waals surface area contributed by atoms with Gasteiger partial charge in [-0.2, -0.15) is 0 Å². The number of likely N-dealkylation sites (tertiary alicyclic amines) is 1. The molecule has 0 unspecified atom stereocenters. The Morgan fingerprint density at radius 1 is 1.17 bits per heavy atom. The number of aliphatic hydroxyl groups is 1. The number of nitrogens with one attached hydrogen (secondary N) is 1. The third kappa shape index (κ3) is 11.2. The van der Waals surface area contributed by atoms with Gasteiger partial charge in [0.15, 0.2) is 5.70 Å². The molecule has 1 aliphatic heterocycles. The maximum Gasteiger partial charge on any atom is 0.305 e. The highest BCUT2D eigenvalue weighted by Crippen LogP contribution is 2.19. The third-order valence-corrected chi connectivity index (χ3v) is 5.42. The molecule has 194 valence electrons. The molecule has 0 bridgehead atoms. The van der Waals surface area contributed by atoms with Crippen LogP contribution in [-0.2, 0) is 9.59 Å². The SMILES string of the molecule is C=CC/C=C(\C=C(\C)C/C(O)=C(\N=CCN1CCCCC1)C(=O)NCCC(=O)O)Oc1ccccc1. The largest absolute Gasteiger partial charge is 0.510 e. The number of aliphatic carboxylic acids is 1. The summed E-state index contributed by atoms with van der Waals surface area (Å²) in [5, 5.41) is 22.2. The predicted octanol–water partition coefficient (Wildman–Crippen LogP) is 4.78. The second-order valence-corrected chi connectivity index (χ2v) is 8.58. The first-order valence-electron chi connectivity index (χ1n) is 12.3. The molecule has 36 heavy (non-hydrogen) atoms. The second kappa shape index (κ2) is 16.1. The first-order chi connectivity index (χ1) is 17.4. The summed E-state index contributed by atoms with van der Waals surface area (Å²) in [5.74, 6) is -0.562. The monoisotopic (exact) mass is 495 g/mol. The number of rotatable bonds is 14. The van der Waals surface area contributed by atoms with Gasteiger partial charge in [0.25, 0.3) is 5.91 Å². The number of carbonyl (C=O) groups excluding carboxylic acids is 1. The van der Waals surface area contributed by atoms with Gasteiger partial charge in [-0.15, -0.1) is 6.58 Å². The first kappa shape index (κ1) is 28.6. The molecule has 2 rings (SSSR count). The number of ether oxygens (including phenoxy) is 1. The number of piperidine rings is 1. The molecule has 1 aromatic carbocycles. The number of aliphatic hydroxyl groups excluding tert-OH is 1. The summed E-state index contributed by atoms with van der Waals surface area (Å²) in [6, 6.07) is 9.35. The van der Waals surface area contributed by atoms with Gasteiger partial charge in [-0.05, 0) is 63.6 Å². The van der Waals surface area contributed by atoms with Crippen molar-refractivity contribution in [2.45, 2.75) is 45.4 Å². The Hall–Kier alpha value is -3.65. The maximum absolute atomic E-state index is 12.7. The van der Waals surface area contributed by atoms with Crippen molar-refractivity contribution in [3.8, 4) is 5.75 Å². The average Bonchev–Trinajstić information content (AvgIpc) is 2.86. The van der Waals surface area contributed by atoms with Crippen molar-refractivity contribution >= 4 is 18.1 Å². The van der Waals surface area contributed by atoms with Crippen molar-refractivity contribution in [2.75, 3.05) is 26.2 Å². The molecule has 1 aliphatic rings. The lowest BCUT2D eigenvalue weighted by atomic mass is 10.1. The zero-order valence-corrected chi connectivity index (χ0v) is 21.0. The van der Waals surface area contributed by atoms with E-state index in [1.165, 1.54) is 6.42 Å². The average molecular weight is 496 g/mol. The van der Waals surface area contributed by atoms with Crippen LogP contribution in [0.5, 0.6) is 5.75 Å². The lowest BCUT2D eigenvalue weighted by Gasteiger charge is -2.24. The van der Waals surface area contributed by atoms with E-state index in [0.717, 1.165) is 31.5 Å². The minimum atomic E-state index is -1.02. The summed E-state index contributed by atoms with van der Waals surface area (Å²) in [4.78, 5) is 30.1. The number of para-hydroxylation sites is 1. The highest BCUT2D eigenvalue weighted by atomic mass is 16.5. The van der Waals surface area contributed by atoms with E-state index in [1.54, 1.807) is 18.4 Å². The van der Waals surface area contributed by atoms with E-state index in [2.05, 4.69) is 21.8 Å². The minimum absolute atomic E-state index is 0.0548. The number of hydrogen-bond donors (Lipinski definition) is 3. The van der Waals surface area contributed by atoms with Gasteiger partial charge >= 0.3 is 5.97 Å². The molecule has 8 nitrogen and oxygen atoms in total. The quantitative estimate of drug-likeness (QED) is 0.113. The third-order valence-electron chi connectivity index (χ3n) is 5.42. The number of allylic oxidation sites excluding steroid dienone is 4. The number of nitrogens with zero attached hydrogens (tertiary/aromatic N) is 2. The second-order valence-electron chi connectivity index (χ2n) is 8.58. The molecule has 1 heterocycles. The topological polar surface area (TPSA) is 111 Å². The molecule has 0 saturated carbocycles. The molecule has 0 aromatic heterocycles. The fourth-order valence-electron chi connectivity index (χ4n) is 3.62. The highest BCUT2D eigenvalue weighted by molar-refractivity contribution is 5.95. The van der Waals surface area contributed by atoms with Crippen molar-refractivity contribution in [1.29, 1.82) is 0 Å². The van der Waals surface area contributed by atoms with Crippen molar-refractivity contribution < 1.29 is 24.5 Å². The molecule has 1 fully saturated rings. The van der Waals surface area contributed by atoms with Crippen LogP contribution in [0.4, 0.5) is 0 Å². The molecule has 3 N–H and O–H groups in total. The van der Waals surface area contributed by atoms with E-state index in [9.17, 15) is 14.7 Å². The Labute approximate surface area is 213 Å². The Bertz CT molecular complexity index is 990. The summed E-state index contributed by atoms with van der Waals surface area (Å²) in [6.45, 7) is 8.04. The zero-order valence-electron chi connectivity index (χ0n) is 21.0. The van der Waals surface area contributed by atoms with Crippen LogP contribution < -0.4 is 10.1 Å². The maximum atomic E-state index is 12.7. The number of hydrogen-bond acceptors (Lipinski definition) is 6.